The van der Waals surface area contributed by atoms with Gasteiger partial charge in [0.15, 0.2) is 0 Å². The second-order valence-electron chi connectivity index (χ2n) is 8.19. The summed E-state index contributed by atoms with van der Waals surface area (Å²) in [5, 5.41) is 19.9. The Morgan fingerprint density at radius 2 is 2.04 bits per heavy atom. The number of hydrogen-bond acceptors (Lipinski definition) is 6. The number of fused-ring (bicyclic) bond motifs is 1. The monoisotopic (exact) mass is 381 g/mol. The average Bonchev–Trinajstić information content (AvgIpc) is 3.03. The third-order valence-corrected chi connectivity index (χ3v) is 7.89. The van der Waals surface area contributed by atoms with Crippen molar-refractivity contribution in [3.05, 3.63) is 10.6 Å². The van der Waals surface area contributed by atoms with Gasteiger partial charge in [0.2, 0.25) is 5.91 Å². The van der Waals surface area contributed by atoms with Crippen LogP contribution >= 0.6 is 11.8 Å². The summed E-state index contributed by atoms with van der Waals surface area (Å²) in [7, 11) is 0. The number of carboxylic acids is 1. The first kappa shape index (κ1) is 18.3. The van der Waals surface area contributed by atoms with Gasteiger partial charge in [0.1, 0.15) is 5.70 Å². The van der Waals surface area contributed by atoms with Crippen LogP contribution in [-0.4, -0.2) is 74.5 Å². The van der Waals surface area contributed by atoms with E-state index in [0.717, 1.165) is 37.3 Å². The molecule has 0 radical (unpaired) electrons. The normalized spacial score (nSPS) is 39.0. The van der Waals surface area contributed by atoms with Gasteiger partial charge in [-0.2, -0.15) is 0 Å². The second-order valence-corrected chi connectivity index (χ2v) is 9.53. The van der Waals surface area contributed by atoms with E-state index in [9.17, 15) is 19.8 Å². The lowest BCUT2D eigenvalue weighted by molar-refractivity contribution is -0.163. The molecule has 0 aromatic heterocycles. The van der Waals surface area contributed by atoms with Crippen molar-refractivity contribution in [2.45, 2.75) is 62.6 Å². The van der Waals surface area contributed by atoms with E-state index in [1.165, 1.54) is 4.90 Å². The lowest BCUT2D eigenvalue weighted by atomic mass is 9.79. The Bertz CT molecular complexity index is 661. The lowest BCUT2D eigenvalue weighted by Gasteiger charge is -2.46. The minimum Gasteiger partial charge on any atom is -0.477 e. The van der Waals surface area contributed by atoms with Crippen LogP contribution in [0.1, 0.15) is 33.1 Å². The molecule has 26 heavy (non-hydrogen) atoms. The average molecular weight is 381 g/mol. The molecule has 8 heteroatoms. The number of aliphatic hydroxyl groups is 1. The highest BCUT2D eigenvalue weighted by molar-refractivity contribution is 8.03. The predicted octanol–water partition coefficient (Wildman–Crippen LogP) is 0.437. The van der Waals surface area contributed by atoms with Gasteiger partial charge in [-0.25, -0.2) is 4.79 Å². The van der Waals surface area contributed by atoms with Crippen LogP contribution in [0.15, 0.2) is 10.6 Å². The van der Waals surface area contributed by atoms with Crippen molar-refractivity contribution in [2.75, 3.05) is 13.1 Å². The van der Waals surface area contributed by atoms with E-state index in [0.29, 0.717) is 17.3 Å². The zero-order valence-corrected chi connectivity index (χ0v) is 16.0. The van der Waals surface area contributed by atoms with Crippen molar-refractivity contribution in [1.82, 2.24) is 9.80 Å². The van der Waals surface area contributed by atoms with E-state index in [-0.39, 0.29) is 23.6 Å². The van der Waals surface area contributed by atoms with E-state index in [1.54, 1.807) is 18.7 Å². The van der Waals surface area contributed by atoms with Crippen molar-refractivity contribution in [1.29, 1.82) is 0 Å². The Kier molecular flexibility index (Phi) is 4.58. The van der Waals surface area contributed by atoms with Gasteiger partial charge in [0.05, 0.1) is 18.1 Å². The van der Waals surface area contributed by atoms with Crippen LogP contribution in [0, 0.1) is 11.8 Å². The molecule has 0 aromatic carbocycles. The van der Waals surface area contributed by atoms with Gasteiger partial charge in [-0.3, -0.25) is 9.69 Å². The molecule has 144 valence electrons. The Balaban J connectivity index is 1.44. The number of nitrogens with two attached hydrogens (primary N) is 1. The lowest BCUT2D eigenvalue weighted by Crippen LogP contribution is -2.63. The van der Waals surface area contributed by atoms with Gasteiger partial charge >= 0.3 is 5.97 Å². The molecular weight excluding hydrogens is 354 g/mol. The Hall–Kier alpha value is -1.09. The summed E-state index contributed by atoms with van der Waals surface area (Å²) in [5.41, 5.74) is 6.14. The number of aliphatic hydroxyl groups excluding tert-OH is 1. The van der Waals surface area contributed by atoms with Crippen LogP contribution in [0.4, 0.5) is 0 Å². The largest absolute Gasteiger partial charge is 0.477 e. The second kappa shape index (κ2) is 6.51. The number of nitrogens with zero attached hydrogens (tertiary/aromatic N) is 2. The molecule has 2 saturated heterocycles. The standard InChI is InChI=1S/C18H27N3O4S/c1-8-14-13(9(2)22)17(23)21(14)15(18(24)25)16(8)26-12-6-20(7-12)11-4-3-10(19)5-11/h8-14,22H,3-7,19H2,1-2H3,(H,24,25)/t8-,9?,10+,11-,13-,14-/m1/s1. The molecule has 4 N–H and O–H groups in total. The van der Waals surface area contributed by atoms with Gasteiger partial charge < -0.3 is 20.8 Å². The van der Waals surface area contributed by atoms with E-state index in [4.69, 9.17) is 5.73 Å². The number of carbonyl (C=O) groups is 2. The summed E-state index contributed by atoms with van der Waals surface area (Å²) in [5.74, 6) is -1.84. The minimum absolute atomic E-state index is 0.0441. The van der Waals surface area contributed by atoms with Crippen molar-refractivity contribution < 1.29 is 19.8 Å². The SMILES string of the molecule is CC(O)[C@H]1C(=O)N2C(C(=O)O)=C(SC3CN([C@@H]4CC[C@H](N)C4)C3)[C@H](C)[C@H]12. The quantitative estimate of drug-likeness (QED) is 0.593. The summed E-state index contributed by atoms with van der Waals surface area (Å²) >= 11 is 1.62. The van der Waals surface area contributed by atoms with E-state index < -0.39 is 18.0 Å². The number of thioether (sulfide) groups is 1. The molecule has 1 aliphatic carbocycles. The molecule has 4 rings (SSSR count). The molecule has 3 heterocycles. The summed E-state index contributed by atoms with van der Waals surface area (Å²) in [4.78, 5) is 28.8. The first-order valence-electron chi connectivity index (χ1n) is 9.44. The van der Waals surface area contributed by atoms with Crippen LogP contribution in [0.25, 0.3) is 0 Å². The highest BCUT2D eigenvalue weighted by Gasteiger charge is 2.60. The Morgan fingerprint density at radius 1 is 1.35 bits per heavy atom. The molecule has 4 aliphatic rings. The van der Waals surface area contributed by atoms with E-state index in [2.05, 4.69) is 4.90 Å². The third kappa shape index (κ3) is 2.69. The molecular formula is C18H27N3O4S. The molecule has 7 nitrogen and oxygen atoms in total. The third-order valence-electron chi connectivity index (χ3n) is 6.44. The molecule has 3 aliphatic heterocycles. The van der Waals surface area contributed by atoms with E-state index in [1.807, 2.05) is 6.92 Å². The maximum atomic E-state index is 12.4. The number of likely N-dealkylation sites (tertiary alicyclic amines) is 1. The van der Waals surface area contributed by atoms with Crippen LogP contribution < -0.4 is 5.73 Å². The van der Waals surface area contributed by atoms with Gasteiger partial charge in [-0.15, -0.1) is 11.8 Å². The predicted molar refractivity (Wildman–Crippen MR) is 98.2 cm³/mol. The van der Waals surface area contributed by atoms with Gasteiger partial charge in [-0.05, 0) is 26.2 Å². The number of hydrogen-bond donors (Lipinski definition) is 3. The Morgan fingerprint density at radius 3 is 2.58 bits per heavy atom. The van der Waals surface area contributed by atoms with Gasteiger partial charge in [-0.1, -0.05) is 6.92 Å². The fourth-order valence-corrected chi connectivity index (χ4v) is 6.57. The maximum absolute atomic E-state index is 12.4. The first-order valence-corrected chi connectivity index (χ1v) is 10.3. The van der Waals surface area contributed by atoms with Crippen LogP contribution in [-0.2, 0) is 9.59 Å². The molecule has 0 bridgehead atoms. The molecule has 0 spiro atoms. The summed E-state index contributed by atoms with van der Waals surface area (Å²) in [6.45, 7) is 5.48. The van der Waals surface area contributed by atoms with Crippen LogP contribution in [0.3, 0.4) is 0 Å². The molecule has 6 atom stereocenters. The number of aliphatic carboxylic acids is 1. The van der Waals surface area contributed by atoms with Crippen molar-refractivity contribution in [2.24, 2.45) is 17.6 Å². The highest BCUT2D eigenvalue weighted by Crippen LogP contribution is 2.52. The maximum Gasteiger partial charge on any atom is 0.353 e. The zero-order chi connectivity index (χ0) is 18.7. The topological polar surface area (TPSA) is 107 Å². The molecule has 0 aromatic rings. The fourth-order valence-electron chi connectivity index (χ4n) is 5.02. The summed E-state index contributed by atoms with van der Waals surface area (Å²) in [6, 6.07) is 0.659. The summed E-state index contributed by atoms with van der Waals surface area (Å²) < 4.78 is 0. The van der Waals surface area contributed by atoms with Crippen LogP contribution in [0.2, 0.25) is 0 Å². The smallest absolute Gasteiger partial charge is 0.353 e. The molecule has 1 saturated carbocycles. The number of β-lactam (4-membered cyclic amide) rings is 1. The van der Waals surface area contributed by atoms with Crippen LogP contribution in [0.5, 0.6) is 0 Å². The molecule has 3 fully saturated rings. The fraction of sp³-hybridized carbons (Fsp3) is 0.778. The van der Waals surface area contributed by atoms with Gasteiger partial charge in [0, 0.05) is 41.2 Å². The Labute approximate surface area is 157 Å². The van der Waals surface area contributed by atoms with Crippen molar-refractivity contribution in [3.63, 3.8) is 0 Å². The van der Waals surface area contributed by atoms with Crippen molar-refractivity contribution in [3.8, 4) is 0 Å². The highest BCUT2D eigenvalue weighted by atomic mass is 32.2. The molecule has 1 unspecified atom stereocenters. The number of carboxylic acid groups (broad SMARTS) is 1. The first-order chi connectivity index (χ1) is 12.3. The van der Waals surface area contributed by atoms with Crippen molar-refractivity contribution >= 4 is 23.6 Å². The molecule has 1 amide bonds. The number of amides is 1. The number of rotatable bonds is 5. The minimum atomic E-state index is -1.04. The summed E-state index contributed by atoms with van der Waals surface area (Å²) in [6.07, 6.45) is 2.54. The zero-order valence-electron chi connectivity index (χ0n) is 15.2. The number of carbonyl (C=O) groups excluding carboxylic acids is 1. The van der Waals surface area contributed by atoms with Gasteiger partial charge in [0.25, 0.3) is 0 Å². The van der Waals surface area contributed by atoms with E-state index >= 15 is 0 Å².